The van der Waals surface area contributed by atoms with Crippen molar-refractivity contribution in [2.75, 3.05) is 5.32 Å². The van der Waals surface area contributed by atoms with E-state index >= 15 is 0 Å². The van der Waals surface area contributed by atoms with E-state index in [-0.39, 0.29) is 24.3 Å². The highest BCUT2D eigenvalue weighted by atomic mass is 32.1. The second kappa shape index (κ2) is 8.55. The van der Waals surface area contributed by atoms with Crippen LogP contribution in [0.15, 0.2) is 60.0 Å². The van der Waals surface area contributed by atoms with Crippen molar-refractivity contribution in [2.45, 2.75) is 19.4 Å². The van der Waals surface area contributed by atoms with Crippen LogP contribution in [0.2, 0.25) is 0 Å². The summed E-state index contributed by atoms with van der Waals surface area (Å²) in [5, 5.41) is 7.70. The van der Waals surface area contributed by atoms with Gasteiger partial charge in [-0.15, -0.1) is 11.3 Å². The first-order valence-electron chi connectivity index (χ1n) is 8.37. The summed E-state index contributed by atoms with van der Waals surface area (Å²) >= 11 is 1.24. The average Bonchev–Trinajstić information content (AvgIpc) is 3.09. The molecule has 1 unspecified atom stereocenters. The van der Waals surface area contributed by atoms with Gasteiger partial charge in [-0.05, 0) is 36.8 Å². The number of benzene rings is 2. The molecule has 1 aromatic heterocycles. The molecule has 7 heteroatoms. The van der Waals surface area contributed by atoms with Crippen molar-refractivity contribution in [1.82, 2.24) is 10.3 Å². The Balaban J connectivity index is 1.55. The molecule has 3 rings (SSSR count). The van der Waals surface area contributed by atoms with Crippen molar-refractivity contribution < 1.29 is 14.0 Å². The summed E-state index contributed by atoms with van der Waals surface area (Å²) in [7, 11) is 0. The second-order valence-corrected chi connectivity index (χ2v) is 6.84. The van der Waals surface area contributed by atoms with Crippen molar-refractivity contribution in [2.24, 2.45) is 0 Å². The lowest BCUT2D eigenvalue weighted by atomic mass is 10.1. The molecule has 0 aliphatic rings. The SMILES string of the molecule is CC(NC(=O)Cc1csc(NC(=O)c2ccc(F)cc2)n1)c1ccccc1. The Morgan fingerprint density at radius 1 is 1.11 bits per heavy atom. The van der Waals surface area contributed by atoms with E-state index in [1.807, 2.05) is 37.3 Å². The fourth-order valence-electron chi connectivity index (χ4n) is 2.50. The number of thiazole rings is 1. The van der Waals surface area contributed by atoms with Crippen LogP contribution < -0.4 is 10.6 Å². The molecule has 138 valence electrons. The van der Waals surface area contributed by atoms with E-state index in [4.69, 9.17) is 0 Å². The number of nitrogens with one attached hydrogen (secondary N) is 2. The van der Waals surface area contributed by atoms with E-state index in [2.05, 4.69) is 15.6 Å². The van der Waals surface area contributed by atoms with Gasteiger partial charge in [0.2, 0.25) is 5.91 Å². The van der Waals surface area contributed by atoms with Gasteiger partial charge >= 0.3 is 0 Å². The maximum atomic E-state index is 12.9. The van der Waals surface area contributed by atoms with Crippen LogP contribution in [0.25, 0.3) is 0 Å². The molecule has 1 heterocycles. The second-order valence-electron chi connectivity index (χ2n) is 5.98. The Morgan fingerprint density at radius 2 is 1.81 bits per heavy atom. The average molecular weight is 383 g/mol. The van der Waals surface area contributed by atoms with Gasteiger partial charge in [0.1, 0.15) is 5.82 Å². The van der Waals surface area contributed by atoms with E-state index in [0.29, 0.717) is 16.4 Å². The summed E-state index contributed by atoms with van der Waals surface area (Å²) < 4.78 is 12.9. The topological polar surface area (TPSA) is 71.1 Å². The summed E-state index contributed by atoms with van der Waals surface area (Å²) in [6.45, 7) is 1.92. The molecule has 0 saturated carbocycles. The molecule has 0 bridgehead atoms. The monoisotopic (exact) mass is 383 g/mol. The molecule has 3 aromatic rings. The third-order valence-corrected chi connectivity index (χ3v) is 4.70. The molecule has 0 aliphatic heterocycles. The lowest BCUT2D eigenvalue weighted by molar-refractivity contribution is -0.121. The highest BCUT2D eigenvalue weighted by Crippen LogP contribution is 2.18. The Kier molecular flexibility index (Phi) is 5.93. The van der Waals surface area contributed by atoms with Gasteiger partial charge in [0.25, 0.3) is 5.91 Å². The molecule has 0 aliphatic carbocycles. The fraction of sp³-hybridized carbons (Fsp3) is 0.150. The summed E-state index contributed by atoms with van der Waals surface area (Å²) in [6.07, 6.45) is 0.125. The number of anilines is 1. The van der Waals surface area contributed by atoms with E-state index in [9.17, 15) is 14.0 Å². The fourth-order valence-corrected chi connectivity index (χ4v) is 3.20. The molecule has 0 fully saturated rings. The molecular weight excluding hydrogens is 365 g/mol. The first-order valence-corrected chi connectivity index (χ1v) is 9.25. The Bertz CT molecular complexity index is 926. The number of halogens is 1. The summed E-state index contributed by atoms with van der Waals surface area (Å²) in [6, 6.07) is 14.8. The van der Waals surface area contributed by atoms with E-state index in [1.54, 1.807) is 5.38 Å². The predicted octanol–water partition coefficient (Wildman–Crippen LogP) is 3.95. The van der Waals surface area contributed by atoms with Crippen molar-refractivity contribution in [3.8, 4) is 0 Å². The van der Waals surface area contributed by atoms with E-state index in [0.717, 1.165) is 5.56 Å². The number of amides is 2. The number of carbonyl (C=O) groups excluding carboxylic acids is 2. The van der Waals surface area contributed by atoms with Gasteiger partial charge in [0.15, 0.2) is 5.13 Å². The predicted molar refractivity (Wildman–Crippen MR) is 103 cm³/mol. The van der Waals surface area contributed by atoms with Crippen LogP contribution in [0.4, 0.5) is 9.52 Å². The van der Waals surface area contributed by atoms with Crippen LogP contribution in [0.1, 0.15) is 34.6 Å². The lowest BCUT2D eigenvalue weighted by Crippen LogP contribution is -2.28. The molecule has 0 saturated heterocycles. The molecule has 5 nitrogen and oxygen atoms in total. The van der Waals surface area contributed by atoms with Crippen LogP contribution in [0.3, 0.4) is 0 Å². The van der Waals surface area contributed by atoms with Gasteiger partial charge in [0.05, 0.1) is 18.2 Å². The number of nitrogens with zero attached hydrogens (tertiary/aromatic N) is 1. The lowest BCUT2D eigenvalue weighted by Gasteiger charge is -2.13. The molecular formula is C20H18FN3O2S. The number of hydrogen-bond donors (Lipinski definition) is 2. The summed E-state index contributed by atoms with van der Waals surface area (Å²) in [4.78, 5) is 28.6. The van der Waals surface area contributed by atoms with Crippen LogP contribution in [0, 0.1) is 5.82 Å². The molecule has 0 radical (unpaired) electrons. The minimum absolute atomic E-state index is 0.102. The third kappa shape index (κ3) is 5.21. The Hall–Kier alpha value is -3.06. The molecule has 0 spiro atoms. The zero-order valence-corrected chi connectivity index (χ0v) is 15.4. The quantitative estimate of drug-likeness (QED) is 0.677. The van der Waals surface area contributed by atoms with Gasteiger partial charge in [-0.25, -0.2) is 9.37 Å². The first-order chi connectivity index (χ1) is 13.0. The Labute approximate surface area is 160 Å². The van der Waals surface area contributed by atoms with Crippen LogP contribution in [0.5, 0.6) is 0 Å². The normalized spacial score (nSPS) is 11.6. The van der Waals surface area contributed by atoms with Crippen molar-refractivity contribution in [1.29, 1.82) is 0 Å². The smallest absolute Gasteiger partial charge is 0.257 e. The summed E-state index contributed by atoms with van der Waals surface area (Å²) in [5.41, 5.74) is 1.94. The molecule has 2 amide bonds. The van der Waals surface area contributed by atoms with E-state index < -0.39 is 5.82 Å². The van der Waals surface area contributed by atoms with Crippen LogP contribution >= 0.6 is 11.3 Å². The van der Waals surface area contributed by atoms with Gasteiger partial charge in [-0.3, -0.25) is 14.9 Å². The van der Waals surface area contributed by atoms with Crippen molar-refractivity contribution >= 4 is 28.3 Å². The minimum Gasteiger partial charge on any atom is -0.349 e. The van der Waals surface area contributed by atoms with Gasteiger partial charge in [-0.2, -0.15) is 0 Å². The maximum absolute atomic E-state index is 12.9. The van der Waals surface area contributed by atoms with Gasteiger partial charge < -0.3 is 5.32 Å². The maximum Gasteiger partial charge on any atom is 0.257 e. The van der Waals surface area contributed by atoms with Crippen molar-refractivity contribution in [3.63, 3.8) is 0 Å². The van der Waals surface area contributed by atoms with Gasteiger partial charge in [0, 0.05) is 10.9 Å². The number of carbonyl (C=O) groups is 2. The van der Waals surface area contributed by atoms with Crippen molar-refractivity contribution in [3.05, 3.63) is 82.6 Å². The highest BCUT2D eigenvalue weighted by molar-refractivity contribution is 7.14. The largest absolute Gasteiger partial charge is 0.349 e. The number of aromatic nitrogens is 1. The summed E-state index contributed by atoms with van der Waals surface area (Å²) in [5.74, 6) is -0.926. The standard InChI is InChI=1S/C20H18FN3O2S/c1-13(14-5-3-2-4-6-14)22-18(25)11-17-12-27-20(23-17)24-19(26)15-7-9-16(21)10-8-15/h2-10,12-13H,11H2,1H3,(H,22,25)(H,23,24,26). The molecule has 1 atom stereocenters. The zero-order chi connectivity index (χ0) is 19.2. The minimum atomic E-state index is -0.404. The zero-order valence-electron chi connectivity index (χ0n) is 14.6. The molecule has 2 N–H and O–H groups in total. The number of hydrogen-bond acceptors (Lipinski definition) is 4. The highest BCUT2D eigenvalue weighted by Gasteiger charge is 2.13. The number of rotatable bonds is 6. The Morgan fingerprint density at radius 3 is 2.52 bits per heavy atom. The third-order valence-electron chi connectivity index (χ3n) is 3.90. The van der Waals surface area contributed by atoms with Crippen LogP contribution in [-0.4, -0.2) is 16.8 Å². The van der Waals surface area contributed by atoms with Gasteiger partial charge in [-0.1, -0.05) is 30.3 Å². The van der Waals surface area contributed by atoms with Crippen LogP contribution in [-0.2, 0) is 11.2 Å². The first kappa shape index (κ1) is 18.7. The molecule has 2 aromatic carbocycles. The molecule has 27 heavy (non-hydrogen) atoms. The van der Waals surface area contributed by atoms with E-state index in [1.165, 1.54) is 35.6 Å².